The highest BCUT2D eigenvalue weighted by Gasteiger charge is 2.35. The third-order valence-electron chi connectivity index (χ3n) is 5.11. The van der Waals surface area contributed by atoms with Crippen molar-refractivity contribution in [2.75, 3.05) is 11.3 Å². The number of nitrogens with one attached hydrogen (secondary N) is 1. The zero-order chi connectivity index (χ0) is 23.3. The molecule has 2 N–H and O–H groups in total. The van der Waals surface area contributed by atoms with E-state index >= 15 is 0 Å². The summed E-state index contributed by atoms with van der Waals surface area (Å²) >= 11 is 1.41. The Morgan fingerprint density at radius 3 is 2.31 bits per heavy atom. The van der Waals surface area contributed by atoms with Crippen LogP contribution >= 0.6 is 11.3 Å². The predicted molar refractivity (Wildman–Crippen MR) is 123 cm³/mol. The van der Waals surface area contributed by atoms with Crippen LogP contribution in [-0.2, 0) is 9.84 Å². The van der Waals surface area contributed by atoms with Gasteiger partial charge in [0.15, 0.2) is 9.84 Å². The molecule has 32 heavy (non-hydrogen) atoms. The molecule has 1 atom stereocenters. The van der Waals surface area contributed by atoms with Crippen molar-refractivity contribution in [1.82, 2.24) is 5.43 Å². The first-order chi connectivity index (χ1) is 14.9. The first-order valence-electron chi connectivity index (χ1n) is 9.79. The molecule has 2 aromatic carbocycles. The molecule has 0 fully saturated rings. The van der Waals surface area contributed by atoms with Crippen LogP contribution in [0.3, 0.4) is 0 Å². The Morgan fingerprint density at radius 1 is 1.03 bits per heavy atom. The monoisotopic (exact) mass is 476 g/mol. The van der Waals surface area contributed by atoms with Gasteiger partial charge in [0.2, 0.25) is 0 Å². The number of anilines is 1. The van der Waals surface area contributed by atoms with E-state index < -0.39 is 33.1 Å². The van der Waals surface area contributed by atoms with Gasteiger partial charge < -0.3 is 5.11 Å². The Balaban J connectivity index is 1.76. The molecule has 1 aliphatic heterocycles. The van der Waals surface area contributed by atoms with Gasteiger partial charge in [0.1, 0.15) is 11.6 Å². The van der Waals surface area contributed by atoms with E-state index in [0.717, 1.165) is 27.6 Å². The van der Waals surface area contributed by atoms with Crippen LogP contribution in [0.5, 0.6) is 0 Å². The highest BCUT2D eigenvalue weighted by Crippen LogP contribution is 2.38. The van der Waals surface area contributed by atoms with Crippen LogP contribution in [-0.4, -0.2) is 31.4 Å². The van der Waals surface area contributed by atoms with E-state index in [1.807, 2.05) is 24.3 Å². The molecule has 3 aromatic rings. The number of sulfone groups is 1. The van der Waals surface area contributed by atoms with Gasteiger partial charge in [-0.1, -0.05) is 12.1 Å². The van der Waals surface area contributed by atoms with Gasteiger partial charge in [-0.15, -0.1) is 11.3 Å². The normalized spacial score (nSPS) is 17.0. The minimum atomic E-state index is -3.34. The Bertz CT molecular complexity index is 1290. The third kappa shape index (κ3) is 4.61. The van der Waals surface area contributed by atoms with E-state index in [9.17, 15) is 22.3 Å². The van der Waals surface area contributed by atoms with Crippen molar-refractivity contribution in [2.24, 2.45) is 0 Å². The van der Waals surface area contributed by atoms with Crippen molar-refractivity contribution >= 4 is 32.6 Å². The highest BCUT2D eigenvalue weighted by molar-refractivity contribution is 7.90. The lowest BCUT2D eigenvalue weighted by molar-refractivity contribution is 0.0573. The number of rotatable bonds is 5. The summed E-state index contributed by atoms with van der Waals surface area (Å²) in [4.78, 5) is 1.85. The number of halogens is 2. The first kappa shape index (κ1) is 22.6. The van der Waals surface area contributed by atoms with Crippen LogP contribution in [0.1, 0.15) is 18.7 Å². The van der Waals surface area contributed by atoms with Crippen LogP contribution in [0.4, 0.5) is 14.5 Å². The van der Waals surface area contributed by atoms with E-state index in [1.165, 1.54) is 23.5 Å². The lowest BCUT2D eigenvalue weighted by Crippen LogP contribution is -2.48. The molecule has 1 aliphatic rings. The number of thiophene rings is 1. The van der Waals surface area contributed by atoms with Crippen molar-refractivity contribution in [2.45, 2.75) is 30.4 Å². The average molecular weight is 477 g/mol. The maximum atomic E-state index is 13.9. The lowest BCUT2D eigenvalue weighted by Gasteiger charge is -2.28. The molecule has 1 aromatic heterocycles. The molecule has 4 rings (SSSR count). The fraction of sp³-hybridized carbons (Fsp3) is 0.217. The second-order valence-corrected chi connectivity index (χ2v) is 11.3. The molecule has 0 amide bonds. The largest absolute Gasteiger partial charge is 0.388 e. The van der Waals surface area contributed by atoms with Crippen LogP contribution < -0.4 is 10.4 Å². The third-order valence-corrected chi connectivity index (χ3v) is 7.37. The SMILES string of the molecule is CC(C)(O)C1C=C(c2ccc(-c3cccc(S(C)(=O)=O)c3)s2)N(c2cc(F)cc(F)c2)N1. The molecule has 168 valence electrons. The number of aliphatic hydroxyl groups is 1. The minimum absolute atomic E-state index is 0.227. The van der Waals surface area contributed by atoms with E-state index in [1.54, 1.807) is 37.1 Å². The second-order valence-electron chi connectivity index (χ2n) is 8.24. The molecule has 0 spiro atoms. The Kier molecular flexibility index (Phi) is 5.70. The highest BCUT2D eigenvalue weighted by atomic mass is 32.2. The van der Waals surface area contributed by atoms with Crippen molar-refractivity contribution in [1.29, 1.82) is 0 Å². The molecule has 1 unspecified atom stereocenters. The standard InChI is InChI=1S/C23H22F2N2O3S2/c1-23(2,28)22-13-19(27(26-22)17-11-15(24)10-16(25)12-17)21-8-7-20(31-21)14-5-4-6-18(9-14)32(3,29)30/h4-13,22,26,28H,1-3H3. The molecule has 9 heteroatoms. The van der Waals surface area contributed by atoms with Crippen molar-refractivity contribution < 1.29 is 22.3 Å². The van der Waals surface area contributed by atoms with Crippen molar-refractivity contribution in [3.63, 3.8) is 0 Å². The fourth-order valence-electron chi connectivity index (χ4n) is 3.43. The predicted octanol–water partition coefficient (Wildman–Crippen LogP) is 4.60. The first-order valence-corrected chi connectivity index (χ1v) is 12.5. The van der Waals surface area contributed by atoms with E-state index in [-0.39, 0.29) is 10.6 Å². The topological polar surface area (TPSA) is 69.6 Å². The van der Waals surface area contributed by atoms with Gasteiger partial charge in [-0.2, -0.15) is 0 Å². The molecule has 0 radical (unpaired) electrons. The number of hydrazine groups is 1. The Morgan fingerprint density at radius 2 is 1.69 bits per heavy atom. The molecule has 0 bridgehead atoms. The molecular formula is C23H22F2N2O3S2. The zero-order valence-corrected chi connectivity index (χ0v) is 19.3. The van der Waals surface area contributed by atoms with E-state index in [2.05, 4.69) is 5.43 Å². The summed E-state index contributed by atoms with van der Waals surface area (Å²) < 4.78 is 51.6. The van der Waals surface area contributed by atoms with Gasteiger partial charge >= 0.3 is 0 Å². The summed E-state index contributed by atoms with van der Waals surface area (Å²) in [7, 11) is -3.34. The van der Waals surface area contributed by atoms with Gasteiger partial charge in [-0.3, -0.25) is 5.01 Å². The van der Waals surface area contributed by atoms with Crippen LogP contribution in [0.15, 0.2) is 65.6 Å². The van der Waals surface area contributed by atoms with Crippen LogP contribution in [0.2, 0.25) is 0 Å². The summed E-state index contributed by atoms with van der Waals surface area (Å²) in [6.07, 6.45) is 2.97. The molecule has 0 saturated heterocycles. The smallest absolute Gasteiger partial charge is 0.175 e. The quantitative estimate of drug-likeness (QED) is 0.563. The summed E-state index contributed by atoms with van der Waals surface area (Å²) in [5.41, 5.74) is 3.63. The van der Waals surface area contributed by atoms with Gasteiger partial charge in [0.25, 0.3) is 0 Å². The van der Waals surface area contributed by atoms with Crippen molar-refractivity contribution in [3.8, 4) is 10.4 Å². The van der Waals surface area contributed by atoms with Gasteiger partial charge in [0, 0.05) is 17.2 Å². The minimum Gasteiger partial charge on any atom is -0.388 e. The summed E-state index contributed by atoms with van der Waals surface area (Å²) in [6, 6.07) is 13.1. The Hall–Kier alpha value is -2.59. The average Bonchev–Trinajstić information content (AvgIpc) is 3.34. The van der Waals surface area contributed by atoms with Crippen LogP contribution in [0.25, 0.3) is 16.1 Å². The summed E-state index contributed by atoms with van der Waals surface area (Å²) in [6.45, 7) is 3.29. The number of hydrogen-bond acceptors (Lipinski definition) is 6. The zero-order valence-electron chi connectivity index (χ0n) is 17.6. The lowest BCUT2D eigenvalue weighted by atomic mass is 9.99. The summed E-state index contributed by atoms with van der Waals surface area (Å²) in [5.74, 6) is -1.42. The number of hydrogen-bond donors (Lipinski definition) is 2. The maximum Gasteiger partial charge on any atom is 0.175 e. The number of benzene rings is 2. The van der Waals surface area contributed by atoms with Gasteiger partial charge in [-0.25, -0.2) is 22.6 Å². The van der Waals surface area contributed by atoms with Crippen LogP contribution in [0, 0.1) is 11.6 Å². The summed E-state index contributed by atoms with van der Waals surface area (Å²) in [5, 5.41) is 12.1. The number of nitrogens with zero attached hydrogens (tertiary/aromatic N) is 1. The molecule has 0 aliphatic carbocycles. The second kappa shape index (κ2) is 8.08. The maximum absolute atomic E-state index is 13.9. The Labute approximate surface area is 189 Å². The van der Waals surface area contributed by atoms with E-state index in [0.29, 0.717) is 5.70 Å². The molecular weight excluding hydrogens is 454 g/mol. The molecule has 5 nitrogen and oxygen atoms in total. The van der Waals surface area contributed by atoms with Gasteiger partial charge in [-0.05, 0) is 61.9 Å². The van der Waals surface area contributed by atoms with E-state index in [4.69, 9.17) is 0 Å². The molecule has 2 heterocycles. The molecule has 0 saturated carbocycles. The fourth-order valence-corrected chi connectivity index (χ4v) is 5.11. The van der Waals surface area contributed by atoms with Gasteiger partial charge in [0.05, 0.1) is 32.8 Å². The van der Waals surface area contributed by atoms with Crippen molar-refractivity contribution in [3.05, 3.63) is 77.2 Å².